The maximum Gasteiger partial charge on any atom is 0.216 e. The third kappa shape index (κ3) is 3.21. The molecule has 4 heteroatoms. The van der Waals surface area contributed by atoms with Crippen molar-refractivity contribution in [3.63, 3.8) is 0 Å². The van der Waals surface area contributed by atoms with Crippen LogP contribution in [0.25, 0.3) is 10.8 Å². The van der Waals surface area contributed by atoms with Crippen LogP contribution in [0.15, 0.2) is 71.5 Å². The van der Waals surface area contributed by atoms with Crippen molar-refractivity contribution >= 4 is 44.5 Å². The lowest BCUT2D eigenvalue weighted by Crippen LogP contribution is -1.88. The number of hydrogen-bond donors (Lipinski definition) is 0. The molecule has 0 N–H and O–H groups in total. The zero-order valence-corrected chi connectivity index (χ0v) is 12.3. The van der Waals surface area contributed by atoms with Gasteiger partial charge in [0.25, 0.3) is 0 Å². The zero-order valence-electron chi connectivity index (χ0n) is 10.7. The van der Waals surface area contributed by atoms with Crippen LogP contribution < -0.4 is 0 Å². The molecule has 0 heterocycles. The summed E-state index contributed by atoms with van der Waals surface area (Å²) in [5.74, 6) is 0. The molecule has 20 heavy (non-hydrogen) atoms. The van der Waals surface area contributed by atoms with Crippen LogP contribution in [0.3, 0.4) is 0 Å². The van der Waals surface area contributed by atoms with E-state index in [0.29, 0.717) is 0 Å². The van der Waals surface area contributed by atoms with Gasteiger partial charge in [-0.05, 0) is 58.6 Å². The summed E-state index contributed by atoms with van der Waals surface area (Å²) in [6.07, 6.45) is 2.59. The smallest absolute Gasteiger partial charge is 0.216 e. The quantitative estimate of drug-likeness (QED) is 0.617. The van der Waals surface area contributed by atoms with Gasteiger partial charge in [-0.3, -0.25) is 9.59 Å². The molecule has 0 bridgehead atoms. The van der Waals surface area contributed by atoms with Gasteiger partial charge in [0.1, 0.15) is 0 Å². The molecule has 0 radical (unpaired) electrons. The minimum Gasteiger partial charge on any atom is -0.282 e. The number of rotatable bonds is 4. The minimum absolute atomic E-state index is 0.0993. The summed E-state index contributed by atoms with van der Waals surface area (Å²) >= 11 is 2.27. The standard InChI is InChI=1S/C16H12O2S2/c1-3-15(17)19-13-9-5-8-12-11(13)7-6-10-14(12)20-16(18)4-2/h3-10H,1-2H2. The van der Waals surface area contributed by atoms with Gasteiger partial charge in [0.2, 0.25) is 10.2 Å². The molecule has 0 aromatic heterocycles. The Morgan fingerprint density at radius 1 is 0.800 bits per heavy atom. The predicted octanol–water partition coefficient (Wildman–Crippen LogP) is 4.45. The highest BCUT2D eigenvalue weighted by atomic mass is 32.2. The zero-order chi connectivity index (χ0) is 14.5. The Kier molecular flexibility index (Phi) is 4.82. The van der Waals surface area contributed by atoms with Crippen molar-refractivity contribution in [3.05, 3.63) is 61.7 Å². The average Bonchev–Trinajstić information content (AvgIpc) is 2.47. The normalized spacial score (nSPS) is 10.2. The molecule has 0 aliphatic carbocycles. The van der Waals surface area contributed by atoms with Gasteiger partial charge in [0, 0.05) is 9.79 Å². The summed E-state index contributed by atoms with van der Waals surface area (Å²) in [7, 11) is 0. The van der Waals surface area contributed by atoms with Crippen LogP contribution in [0, 0.1) is 0 Å². The van der Waals surface area contributed by atoms with E-state index in [1.165, 1.54) is 12.2 Å². The Morgan fingerprint density at radius 2 is 1.20 bits per heavy atom. The van der Waals surface area contributed by atoms with Crippen LogP contribution in [-0.4, -0.2) is 10.2 Å². The average molecular weight is 300 g/mol. The SMILES string of the molecule is C=CC(=O)Sc1cccc2c(SC(=O)C=C)cccc12. The minimum atomic E-state index is -0.0993. The Morgan fingerprint density at radius 3 is 1.55 bits per heavy atom. The van der Waals surface area contributed by atoms with E-state index >= 15 is 0 Å². The fourth-order valence-electron chi connectivity index (χ4n) is 1.73. The van der Waals surface area contributed by atoms with Crippen molar-refractivity contribution in [2.75, 3.05) is 0 Å². The van der Waals surface area contributed by atoms with Crippen molar-refractivity contribution in [3.8, 4) is 0 Å². The van der Waals surface area contributed by atoms with Crippen LogP contribution in [0.2, 0.25) is 0 Å². The lowest BCUT2D eigenvalue weighted by molar-refractivity contribution is -0.107. The summed E-state index contributed by atoms with van der Waals surface area (Å²) in [5.41, 5.74) is 0. The Balaban J connectivity index is 2.51. The van der Waals surface area contributed by atoms with Gasteiger partial charge in [0.15, 0.2) is 0 Å². The second-order valence-electron chi connectivity index (χ2n) is 3.86. The second-order valence-corrected chi connectivity index (χ2v) is 5.95. The number of carbonyl (C=O) groups excluding carboxylic acids is 2. The monoisotopic (exact) mass is 300 g/mol. The number of benzene rings is 2. The molecule has 0 spiro atoms. The first-order valence-electron chi connectivity index (χ1n) is 5.86. The van der Waals surface area contributed by atoms with Gasteiger partial charge < -0.3 is 0 Å². The van der Waals surface area contributed by atoms with Crippen LogP contribution in [-0.2, 0) is 9.59 Å². The molecule has 0 aliphatic rings. The maximum absolute atomic E-state index is 11.5. The van der Waals surface area contributed by atoms with E-state index in [4.69, 9.17) is 0 Å². The van der Waals surface area contributed by atoms with Crippen LogP contribution in [0.4, 0.5) is 0 Å². The number of fused-ring (bicyclic) bond motifs is 1. The molecule has 0 aliphatic heterocycles. The maximum atomic E-state index is 11.5. The number of thioether (sulfide) groups is 2. The summed E-state index contributed by atoms with van der Waals surface area (Å²) in [6, 6.07) is 11.4. The van der Waals surface area contributed by atoms with Crippen LogP contribution in [0.1, 0.15) is 0 Å². The summed E-state index contributed by atoms with van der Waals surface area (Å²) in [5, 5.41) is 1.71. The molecule has 2 rings (SSSR count). The van der Waals surface area contributed by atoms with E-state index in [9.17, 15) is 9.59 Å². The lowest BCUT2D eigenvalue weighted by Gasteiger charge is -2.07. The van der Waals surface area contributed by atoms with Crippen LogP contribution in [0.5, 0.6) is 0 Å². The third-order valence-electron chi connectivity index (χ3n) is 2.60. The molecule has 0 fully saturated rings. The molecule has 0 saturated heterocycles. The van der Waals surface area contributed by atoms with E-state index in [2.05, 4.69) is 13.2 Å². The predicted molar refractivity (Wildman–Crippen MR) is 86.1 cm³/mol. The van der Waals surface area contributed by atoms with E-state index in [0.717, 1.165) is 44.1 Å². The molecule has 2 nitrogen and oxygen atoms in total. The van der Waals surface area contributed by atoms with E-state index in [1.54, 1.807) is 0 Å². The Bertz CT molecular complexity index is 643. The first-order valence-corrected chi connectivity index (χ1v) is 7.49. The molecule has 2 aromatic carbocycles. The van der Waals surface area contributed by atoms with Gasteiger partial charge >= 0.3 is 0 Å². The van der Waals surface area contributed by atoms with E-state index < -0.39 is 0 Å². The van der Waals surface area contributed by atoms with Crippen molar-refractivity contribution in [1.29, 1.82) is 0 Å². The molecule has 0 unspecified atom stereocenters. The van der Waals surface area contributed by atoms with Crippen molar-refractivity contribution in [1.82, 2.24) is 0 Å². The largest absolute Gasteiger partial charge is 0.282 e. The summed E-state index contributed by atoms with van der Waals surface area (Å²) < 4.78 is 0. The van der Waals surface area contributed by atoms with Crippen LogP contribution >= 0.6 is 23.5 Å². The van der Waals surface area contributed by atoms with Crippen molar-refractivity contribution < 1.29 is 9.59 Å². The highest BCUT2D eigenvalue weighted by Crippen LogP contribution is 2.34. The van der Waals surface area contributed by atoms with Crippen molar-refractivity contribution in [2.24, 2.45) is 0 Å². The van der Waals surface area contributed by atoms with E-state index in [1.807, 2.05) is 36.4 Å². The molecule has 100 valence electrons. The first kappa shape index (κ1) is 14.6. The fourth-order valence-corrected chi connectivity index (χ4v) is 3.20. The summed E-state index contributed by atoms with van der Waals surface area (Å²) in [6.45, 7) is 6.95. The van der Waals surface area contributed by atoms with Gasteiger partial charge in [-0.1, -0.05) is 37.4 Å². The van der Waals surface area contributed by atoms with Gasteiger partial charge in [0.05, 0.1) is 0 Å². The van der Waals surface area contributed by atoms with Crippen molar-refractivity contribution in [2.45, 2.75) is 9.79 Å². The highest BCUT2D eigenvalue weighted by Gasteiger charge is 2.09. The third-order valence-corrected chi connectivity index (χ3v) is 4.48. The fraction of sp³-hybridized carbons (Fsp3) is 0. The molecular formula is C16H12O2S2. The van der Waals surface area contributed by atoms with Gasteiger partial charge in [-0.15, -0.1) is 0 Å². The first-order chi connectivity index (χ1) is 9.65. The van der Waals surface area contributed by atoms with Gasteiger partial charge in [-0.2, -0.15) is 0 Å². The molecule has 0 atom stereocenters. The molecule has 2 aromatic rings. The topological polar surface area (TPSA) is 34.1 Å². The number of carbonyl (C=O) groups is 2. The summed E-state index contributed by atoms with van der Waals surface area (Å²) in [4.78, 5) is 24.7. The van der Waals surface area contributed by atoms with Gasteiger partial charge in [-0.25, -0.2) is 0 Å². The highest BCUT2D eigenvalue weighted by molar-refractivity contribution is 8.14. The Hall–Kier alpha value is -1.78. The lowest BCUT2D eigenvalue weighted by atomic mass is 10.1. The van der Waals surface area contributed by atoms with E-state index in [-0.39, 0.29) is 10.2 Å². The molecule has 0 amide bonds. The Labute approximate surface area is 125 Å². The number of hydrogen-bond acceptors (Lipinski definition) is 4. The molecule has 0 saturated carbocycles. The second kappa shape index (κ2) is 6.59. The molecular weight excluding hydrogens is 288 g/mol.